The van der Waals surface area contributed by atoms with Gasteiger partial charge in [0.25, 0.3) is 0 Å². The van der Waals surface area contributed by atoms with Crippen LogP contribution in [0.1, 0.15) is 6.92 Å². The molecule has 0 amide bonds. The number of hydrogen-bond acceptors (Lipinski definition) is 5. The van der Waals surface area contributed by atoms with E-state index in [4.69, 9.17) is 17.0 Å². The quantitative estimate of drug-likeness (QED) is 0.445. The number of esters is 1. The topological polar surface area (TPSA) is 44.1 Å². The lowest BCUT2D eigenvalue weighted by Crippen LogP contribution is -2.07. The van der Waals surface area contributed by atoms with Gasteiger partial charge in [-0.15, -0.1) is 0 Å². The van der Waals surface area contributed by atoms with E-state index in [2.05, 4.69) is 4.98 Å². The number of nitrogens with zero attached hydrogens (tertiary/aromatic N) is 2. The summed E-state index contributed by atoms with van der Waals surface area (Å²) in [5.41, 5.74) is 0. The Morgan fingerprint density at radius 3 is 3.07 bits per heavy atom. The van der Waals surface area contributed by atoms with Gasteiger partial charge in [-0.1, -0.05) is 24.0 Å². The molecule has 0 saturated carbocycles. The molecular weight excluding hydrogens is 220 g/mol. The molecule has 0 fully saturated rings. The number of ether oxygens (including phenoxy) is 1. The van der Waals surface area contributed by atoms with Gasteiger partial charge < -0.3 is 4.74 Å². The molecule has 0 N–H and O–H groups in total. The van der Waals surface area contributed by atoms with E-state index >= 15 is 0 Å². The second kappa shape index (κ2) is 5.77. The third-order valence-electron chi connectivity index (χ3n) is 1.33. The zero-order chi connectivity index (χ0) is 10.4. The highest BCUT2D eigenvalue weighted by Gasteiger charge is 2.00. The first-order chi connectivity index (χ1) is 6.70. The predicted molar refractivity (Wildman–Crippen MR) is 59.3 cm³/mol. The molecule has 0 spiro atoms. The molecule has 0 unspecified atom stereocenters. The average Bonchev–Trinajstić information content (AvgIpc) is 2.64. The Bertz CT molecular complexity index is 311. The van der Waals surface area contributed by atoms with Crippen LogP contribution in [0, 0.1) is 0 Å². The van der Waals surface area contributed by atoms with E-state index in [1.54, 1.807) is 23.3 Å². The van der Waals surface area contributed by atoms with Crippen molar-refractivity contribution >= 4 is 34.3 Å². The highest BCUT2D eigenvalue weighted by molar-refractivity contribution is 8.23. The van der Waals surface area contributed by atoms with Crippen LogP contribution in [0.2, 0.25) is 0 Å². The minimum Gasteiger partial charge on any atom is -0.465 e. The van der Waals surface area contributed by atoms with Crippen LogP contribution in [-0.4, -0.2) is 32.2 Å². The standard InChI is InChI=1S/C8H10N2O2S2/c1-7(11)12-4-5-14-8(13)10-3-2-9-6-10/h2-3,6H,4-5H2,1H3. The third-order valence-corrected chi connectivity index (χ3v) is 2.72. The van der Waals surface area contributed by atoms with Crippen molar-refractivity contribution in [2.45, 2.75) is 6.92 Å². The summed E-state index contributed by atoms with van der Waals surface area (Å²) in [4.78, 5) is 14.3. The maximum absolute atomic E-state index is 10.4. The molecule has 1 rings (SSSR count). The second-order valence-electron chi connectivity index (χ2n) is 2.42. The summed E-state index contributed by atoms with van der Waals surface area (Å²) in [6, 6.07) is 0. The molecule has 76 valence electrons. The van der Waals surface area contributed by atoms with E-state index in [1.807, 2.05) is 0 Å². The monoisotopic (exact) mass is 230 g/mol. The van der Waals surface area contributed by atoms with E-state index in [-0.39, 0.29) is 5.97 Å². The van der Waals surface area contributed by atoms with Crippen LogP contribution in [0.4, 0.5) is 0 Å². The lowest BCUT2D eigenvalue weighted by Gasteiger charge is -2.03. The van der Waals surface area contributed by atoms with E-state index in [0.29, 0.717) is 16.7 Å². The highest BCUT2D eigenvalue weighted by atomic mass is 32.2. The van der Waals surface area contributed by atoms with Crippen molar-refractivity contribution in [2.75, 3.05) is 12.4 Å². The van der Waals surface area contributed by atoms with Gasteiger partial charge in [0.1, 0.15) is 17.3 Å². The molecule has 0 aromatic carbocycles. The largest absolute Gasteiger partial charge is 0.465 e. The van der Waals surface area contributed by atoms with Gasteiger partial charge in [-0.2, -0.15) is 0 Å². The Morgan fingerprint density at radius 2 is 2.50 bits per heavy atom. The van der Waals surface area contributed by atoms with Gasteiger partial charge >= 0.3 is 5.97 Å². The Labute approximate surface area is 91.7 Å². The maximum atomic E-state index is 10.4. The third kappa shape index (κ3) is 3.89. The first-order valence-corrected chi connectivity index (χ1v) is 5.38. The number of aromatic nitrogens is 2. The average molecular weight is 230 g/mol. The smallest absolute Gasteiger partial charge is 0.302 e. The van der Waals surface area contributed by atoms with Gasteiger partial charge in [0.15, 0.2) is 0 Å². The Kier molecular flexibility index (Phi) is 4.61. The molecule has 0 aliphatic heterocycles. The summed E-state index contributed by atoms with van der Waals surface area (Å²) in [5.74, 6) is 0.399. The van der Waals surface area contributed by atoms with Crippen LogP contribution in [0.25, 0.3) is 0 Å². The zero-order valence-corrected chi connectivity index (χ0v) is 9.31. The summed E-state index contributed by atoms with van der Waals surface area (Å²) in [7, 11) is 0. The second-order valence-corrected chi connectivity index (χ2v) is 4.15. The summed E-state index contributed by atoms with van der Waals surface area (Å²) in [6.45, 7) is 1.77. The number of rotatable bonds is 3. The summed E-state index contributed by atoms with van der Waals surface area (Å²) in [5, 5.41) is 0. The molecule has 4 nitrogen and oxygen atoms in total. The number of thioether (sulfide) groups is 1. The minimum absolute atomic E-state index is 0.265. The van der Waals surface area contributed by atoms with Crippen LogP contribution in [0.5, 0.6) is 0 Å². The Morgan fingerprint density at radius 1 is 1.71 bits per heavy atom. The lowest BCUT2D eigenvalue weighted by atomic mass is 10.8. The van der Waals surface area contributed by atoms with Crippen molar-refractivity contribution in [1.29, 1.82) is 0 Å². The highest BCUT2D eigenvalue weighted by Crippen LogP contribution is 2.06. The van der Waals surface area contributed by atoms with Gasteiger partial charge in [-0.25, -0.2) is 4.98 Å². The normalized spacial score (nSPS) is 9.79. The summed E-state index contributed by atoms with van der Waals surface area (Å²) < 4.78 is 7.21. The molecule has 0 saturated heterocycles. The molecule has 6 heteroatoms. The number of carbonyl (C=O) groups is 1. The summed E-state index contributed by atoms with van der Waals surface area (Å²) in [6.07, 6.45) is 5.08. The maximum Gasteiger partial charge on any atom is 0.302 e. The summed E-state index contributed by atoms with van der Waals surface area (Å²) >= 11 is 6.55. The first-order valence-electron chi connectivity index (χ1n) is 3.98. The fourth-order valence-electron chi connectivity index (χ4n) is 0.756. The molecule has 0 aliphatic rings. The zero-order valence-electron chi connectivity index (χ0n) is 7.67. The molecule has 0 radical (unpaired) electrons. The number of carbonyl (C=O) groups excluding carboxylic acids is 1. The number of thiocarbonyl (C=S) groups is 1. The SMILES string of the molecule is CC(=O)OCCSC(=S)n1ccnc1. The molecule has 0 atom stereocenters. The van der Waals surface area contributed by atoms with Crippen molar-refractivity contribution in [3.8, 4) is 0 Å². The fraction of sp³-hybridized carbons (Fsp3) is 0.375. The van der Waals surface area contributed by atoms with Crippen molar-refractivity contribution in [1.82, 2.24) is 9.55 Å². The van der Waals surface area contributed by atoms with Gasteiger partial charge in [0, 0.05) is 25.1 Å². The van der Waals surface area contributed by atoms with Crippen LogP contribution in [-0.2, 0) is 9.53 Å². The van der Waals surface area contributed by atoms with Gasteiger partial charge in [-0.3, -0.25) is 9.36 Å². The van der Waals surface area contributed by atoms with Crippen molar-refractivity contribution in [2.24, 2.45) is 0 Å². The van der Waals surface area contributed by atoms with Gasteiger partial charge in [-0.05, 0) is 0 Å². The van der Waals surface area contributed by atoms with Crippen LogP contribution in [0.15, 0.2) is 18.7 Å². The van der Waals surface area contributed by atoms with Gasteiger partial charge in [0.2, 0.25) is 0 Å². The molecule has 1 heterocycles. The molecule has 0 bridgehead atoms. The van der Waals surface area contributed by atoms with E-state index in [9.17, 15) is 4.79 Å². The van der Waals surface area contributed by atoms with Crippen LogP contribution < -0.4 is 0 Å². The van der Waals surface area contributed by atoms with E-state index < -0.39 is 0 Å². The van der Waals surface area contributed by atoms with E-state index in [1.165, 1.54) is 18.7 Å². The molecule has 14 heavy (non-hydrogen) atoms. The Balaban J connectivity index is 2.19. The first kappa shape index (κ1) is 11.2. The Hall–Kier alpha value is -0.880. The van der Waals surface area contributed by atoms with Crippen LogP contribution >= 0.6 is 24.0 Å². The molecule has 1 aromatic rings. The lowest BCUT2D eigenvalue weighted by molar-refractivity contribution is -0.140. The van der Waals surface area contributed by atoms with Crippen molar-refractivity contribution in [3.05, 3.63) is 18.7 Å². The number of imidazole rings is 1. The molecule has 1 aromatic heterocycles. The fourth-order valence-corrected chi connectivity index (χ4v) is 1.71. The number of hydrogen-bond donors (Lipinski definition) is 0. The minimum atomic E-state index is -0.265. The van der Waals surface area contributed by atoms with E-state index in [0.717, 1.165) is 0 Å². The molecular formula is C8H10N2O2S2. The van der Waals surface area contributed by atoms with Crippen molar-refractivity contribution in [3.63, 3.8) is 0 Å². The van der Waals surface area contributed by atoms with Crippen LogP contribution in [0.3, 0.4) is 0 Å². The molecule has 0 aliphatic carbocycles. The predicted octanol–water partition coefficient (Wildman–Crippen LogP) is 1.31. The van der Waals surface area contributed by atoms with Crippen molar-refractivity contribution < 1.29 is 9.53 Å². The van der Waals surface area contributed by atoms with Gasteiger partial charge in [0.05, 0.1) is 0 Å².